The van der Waals surface area contributed by atoms with Crippen LogP contribution in [0.5, 0.6) is 0 Å². The molecule has 0 radical (unpaired) electrons. The Balaban J connectivity index is 1.60. The lowest BCUT2D eigenvalue weighted by atomic mass is 10.2. The highest BCUT2D eigenvalue weighted by atomic mass is 32.2. The lowest BCUT2D eigenvalue weighted by Crippen LogP contribution is -2.33. The number of aromatic nitrogens is 2. The summed E-state index contributed by atoms with van der Waals surface area (Å²) in [5.41, 5.74) is 2.20. The number of hydrogen-bond donors (Lipinski definition) is 2. The molecule has 1 aliphatic rings. The van der Waals surface area contributed by atoms with Crippen molar-refractivity contribution >= 4 is 22.8 Å². The SMILES string of the molecule is CCCNC(CSc1nc2ccccc2[nH]1)C1CC1. The van der Waals surface area contributed by atoms with Crippen molar-refractivity contribution in [3.8, 4) is 0 Å². The van der Waals surface area contributed by atoms with Crippen LogP contribution >= 0.6 is 11.8 Å². The number of H-pyrrole nitrogens is 1. The Hall–Kier alpha value is -1.00. The molecule has 1 aromatic carbocycles. The minimum absolute atomic E-state index is 0.651. The number of nitrogens with one attached hydrogen (secondary N) is 2. The fourth-order valence-electron chi connectivity index (χ4n) is 2.36. The molecular weight excluding hydrogens is 254 g/mol. The smallest absolute Gasteiger partial charge is 0.166 e. The first-order chi connectivity index (χ1) is 9.36. The first-order valence-electron chi connectivity index (χ1n) is 7.17. The van der Waals surface area contributed by atoms with Crippen molar-refractivity contribution in [2.45, 2.75) is 37.4 Å². The number of hydrogen-bond acceptors (Lipinski definition) is 3. The van der Waals surface area contributed by atoms with E-state index >= 15 is 0 Å². The number of nitrogens with zero attached hydrogens (tertiary/aromatic N) is 1. The molecule has 3 nitrogen and oxygen atoms in total. The molecule has 19 heavy (non-hydrogen) atoms. The number of aromatic amines is 1. The zero-order valence-electron chi connectivity index (χ0n) is 11.4. The Morgan fingerprint density at radius 1 is 1.42 bits per heavy atom. The van der Waals surface area contributed by atoms with E-state index in [0.29, 0.717) is 6.04 Å². The molecule has 1 saturated carbocycles. The van der Waals surface area contributed by atoms with Crippen LogP contribution in [0, 0.1) is 5.92 Å². The van der Waals surface area contributed by atoms with Crippen molar-refractivity contribution in [1.82, 2.24) is 15.3 Å². The van der Waals surface area contributed by atoms with Crippen LogP contribution in [0.25, 0.3) is 11.0 Å². The third-order valence-corrected chi connectivity index (χ3v) is 4.61. The van der Waals surface area contributed by atoms with Gasteiger partial charge in [-0.3, -0.25) is 0 Å². The van der Waals surface area contributed by atoms with Gasteiger partial charge < -0.3 is 10.3 Å². The molecule has 0 aliphatic heterocycles. The minimum atomic E-state index is 0.651. The van der Waals surface area contributed by atoms with Crippen molar-refractivity contribution < 1.29 is 0 Å². The molecule has 0 spiro atoms. The molecule has 0 amide bonds. The summed E-state index contributed by atoms with van der Waals surface area (Å²) in [7, 11) is 0. The van der Waals surface area contributed by atoms with E-state index < -0.39 is 0 Å². The first kappa shape index (κ1) is 13.0. The molecule has 1 heterocycles. The average molecular weight is 275 g/mol. The van der Waals surface area contributed by atoms with E-state index in [4.69, 9.17) is 0 Å². The van der Waals surface area contributed by atoms with Crippen molar-refractivity contribution in [2.24, 2.45) is 5.92 Å². The maximum atomic E-state index is 4.62. The van der Waals surface area contributed by atoms with Gasteiger partial charge in [-0.25, -0.2) is 4.98 Å². The van der Waals surface area contributed by atoms with Crippen molar-refractivity contribution in [2.75, 3.05) is 12.3 Å². The Morgan fingerprint density at radius 2 is 2.26 bits per heavy atom. The summed E-state index contributed by atoms with van der Waals surface area (Å²) in [4.78, 5) is 8.01. The van der Waals surface area contributed by atoms with Crippen LogP contribution in [0.1, 0.15) is 26.2 Å². The number of imidazole rings is 1. The van der Waals surface area contributed by atoms with Gasteiger partial charge in [0.05, 0.1) is 11.0 Å². The summed E-state index contributed by atoms with van der Waals surface area (Å²) in [6, 6.07) is 8.88. The standard InChI is InChI=1S/C15H21N3S/c1-2-9-16-14(11-7-8-11)10-19-15-17-12-5-3-4-6-13(12)18-15/h3-6,11,14,16H,2,7-10H2,1H3,(H,17,18). The summed E-state index contributed by atoms with van der Waals surface area (Å²) < 4.78 is 0. The van der Waals surface area contributed by atoms with Gasteiger partial charge in [-0.1, -0.05) is 30.8 Å². The predicted octanol–water partition coefficient (Wildman–Crippen LogP) is 3.43. The number of fused-ring (bicyclic) bond motifs is 1. The van der Waals surface area contributed by atoms with Gasteiger partial charge in [0, 0.05) is 11.8 Å². The monoisotopic (exact) mass is 275 g/mol. The van der Waals surface area contributed by atoms with E-state index in [9.17, 15) is 0 Å². The fourth-order valence-corrected chi connectivity index (χ4v) is 3.43. The molecule has 0 bridgehead atoms. The third-order valence-electron chi connectivity index (χ3n) is 3.61. The van der Waals surface area contributed by atoms with Gasteiger partial charge >= 0.3 is 0 Å². The molecule has 1 atom stereocenters. The number of rotatable bonds is 7. The molecule has 4 heteroatoms. The van der Waals surface area contributed by atoms with Gasteiger partial charge in [0.2, 0.25) is 0 Å². The lowest BCUT2D eigenvalue weighted by Gasteiger charge is -2.16. The maximum Gasteiger partial charge on any atom is 0.166 e. The topological polar surface area (TPSA) is 40.7 Å². The van der Waals surface area contributed by atoms with Gasteiger partial charge in [0.1, 0.15) is 0 Å². The second-order valence-corrected chi connectivity index (χ2v) is 6.28. The number of benzene rings is 1. The average Bonchev–Trinajstić information content (AvgIpc) is 3.18. The summed E-state index contributed by atoms with van der Waals surface area (Å²) in [5.74, 6) is 2.01. The highest BCUT2D eigenvalue weighted by Crippen LogP contribution is 2.35. The summed E-state index contributed by atoms with van der Waals surface area (Å²) in [6.45, 7) is 3.35. The number of thioether (sulfide) groups is 1. The van der Waals surface area contributed by atoms with Crippen molar-refractivity contribution in [3.05, 3.63) is 24.3 Å². The second kappa shape index (κ2) is 5.97. The first-order valence-corrected chi connectivity index (χ1v) is 8.16. The Morgan fingerprint density at radius 3 is 3.00 bits per heavy atom. The van der Waals surface area contributed by atoms with Crippen LogP contribution < -0.4 is 5.32 Å². The van der Waals surface area contributed by atoms with Gasteiger partial charge in [-0.2, -0.15) is 0 Å². The summed E-state index contributed by atoms with van der Waals surface area (Å²) >= 11 is 1.84. The van der Waals surface area contributed by atoms with Crippen molar-refractivity contribution in [3.63, 3.8) is 0 Å². The third kappa shape index (κ3) is 3.31. The zero-order valence-corrected chi connectivity index (χ0v) is 12.2. The van der Waals surface area contributed by atoms with Crippen LogP contribution in [0.15, 0.2) is 29.4 Å². The number of para-hydroxylation sites is 2. The molecular formula is C15H21N3S. The molecule has 1 unspecified atom stereocenters. The van der Waals surface area contributed by atoms with E-state index in [1.807, 2.05) is 23.9 Å². The predicted molar refractivity (Wildman–Crippen MR) is 81.6 cm³/mol. The molecule has 2 aromatic rings. The minimum Gasteiger partial charge on any atom is -0.333 e. The summed E-state index contributed by atoms with van der Waals surface area (Å²) in [5, 5.41) is 4.72. The maximum absolute atomic E-state index is 4.62. The van der Waals surface area contributed by atoms with E-state index in [0.717, 1.165) is 34.4 Å². The highest BCUT2D eigenvalue weighted by Gasteiger charge is 2.30. The van der Waals surface area contributed by atoms with E-state index in [1.54, 1.807) is 0 Å². The van der Waals surface area contributed by atoms with Crippen LogP contribution in [-0.4, -0.2) is 28.3 Å². The largest absolute Gasteiger partial charge is 0.333 e. The van der Waals surface area contributed by atoms with E-state index in [-0.39, 0.29) is 0 Å². The second-order valence-electron chi connectivity index (χ2n) is 5.27. The Kier molecular flexibility index (Phi) is 4.09. The zero-order chi connectivity index (χ0) is 13.1. The van der Waals surface area contributed by atoms with Crippen molar-refractivity contribution in [1.29, 1.82) is 0 Å². The molecule has 2 N–H and O–H groups in total. The Labute approximate surface area is 118 Å². The van der Waals surface area contributed by atoms with Crippen LogP contribution in [0.4, 0.5) is 0 Å². The van der Waals surface area contributed by atoms with E-state index in [1.165, 1.54) is 19.3 Å². The quantitative estimate of drug-likeness (QED) is 0.761. The fraction of sp³-hybridized carbons (Fsp3) is 0.533. The highest BCUT2D eigenvalue weighted by molar-refractivity contribution is 7.99. The molecule has 1 fully saturated rings. The molecule has 3 rings (SSSR count). The summed E-state index contributed by atoms with van der Waals surface area (Å²) in [6.07, 6.45) is 3.99. The van der Waals surface area contributed by atoms with Crippen LogP contribution in [0.3, 0.4) is 0 Å². The molecule has 1 aliphatic carbocycles. The van der Waals surface area contributed by atoms with E-state index in [2.05, 4.69) is 34.3 Å². The van der Waals surface area contributed by atoms with Gasteiger partial charge in [0.25, 0.3) is 0 Å². The van der Waals surface area contributed by atoms with Crippen LogP contribution in [-0.2, 0) is 0 Å². The van der Waals surface area contributed by atoms with Gasteiger partial charge in [0.15, 0.2) is 5.16 Å². The normalized spacial score (nSPS) is 16.9. The molecule has 102 valence electrons. The molecule has 1 aromatic heterocycles. The van der Waals surface area contributed by atoms with Crippen LogP contribution in [0.2, 0.25) is 0 Å². The molecule has 0 saturated heterocycles. The van der Waals surface area contributed by atoms with Gasteiger partial charge in [-0.15, -0.1) is 0 Å². The van der Waals surface area contributed by atoms with Gasteiger partial charge in [-0.05, 0) is 43.9 Å². The lowest BCUT2D eigenvalue weighted by molar-refractivity contribution is 0.503. The Bertz CT molecular complexity index is 500.